The maximum Gasteiger partial charge on any atom is 0.397 e. The van der Waals surface area contributed by atoms with Gasteiger partial charge in [0.1, 0.15) is 11.1 Å². The monoisotopic (exact) mass is 439 g/mol. The predicted octanol–water partition coefficient (Wildman–Crippen LogP) is 2.84. The van der Waals surface area contributed by atoms with Crippen molar-refractivity contribution in [2.24, 2.45) is 5.90 Å². The molecule has 1 unspecified atom stereocenters. The summed E-state index contributed by atoms with van der Waals surface area (Å²) in [6.07, 6.45) is -5.17. The molecule has 7 nitrogen and oxygen atoms in total. The van der Waals surface area contributed by atoms with E-state index in [0.717, 1.165) is 4.31 Å². The standard InChI is InChI=1S/C11H13ClF3N3O4S3/c1-18-10(4-23-5-11(13,14)15)17-7-2-6(12)8(24-22-21-16)3-9(7)25(18,19)20/h2-3,10,17H,4-5,16H2,1H3. The van der Waals surface area contributed by atoms with Crippen molar-refractivity contribution in [1.82, 2.24) is 4.31 Å². The molecule has 0 bridgehead atoms. The lowest BCUT2D eigenvalue weighted by atomic mass is 10.3. The SMILES string of the molecule is CN1C(CSCC(F)(F)F)Nc2cc(Cl)c(SOON)cc2S1(=O)=O. The summed E-state index contributed by atoms with van der Waals surface area (Å²) in [4.78, 5) is 4.10. The molecule has 0 aliphatic carbocycles. The lowest BCUT2D eigenvalue weighted by Crippen LogP contribution is -2.47. The number of alkyl halides is 3. The predicted molar refractivity (Wildman–Crippen MR) is 89.4 cm³/mol. The Morgan fingerprint density at radius 3 is 2.72 bits per heavy atom. The topological polar surface area (TPSA) is 93.9 Å². The molecule has 142 valence electrons. The van der Waals surface area contributed by atoms with Crippen molar-refractivity contribution in [3.63, 3.8) is 0 Å². The molecule has 0 spiro atoms. The molecule has 0 amide bonds. The minimum atomic E-state index is -4.32. The third-order valence-corrected chi connectivity index (χ3v) is 7.23. The van der Waals surface area contributed by atoms with Gasteiger partial charge in [-0.25, -0.2) is 8.42 Å². The first-order chi connectivity index (χ1) is 11.6. The second kappa shape index (κ2) is 8.08. The molecule has 0 saturated heterocycles. The minimum Gasteiger partial charge on any atom is -0.367 e. The summed E-state index contributed by atoms with van der Waals surface area (Å²) in [6.45, 7) is 0. The van der Waals surface area contributed by atoms with Crippen LogP contribution >= 0.6 is 35.4 Å². The maximum atomic E-state index is 12.6. The summed E-state index contributed by atoms with van der Waals surface area (Å²) in [6, 6.07) is 2.62. The molecule has 1 aromatic rings. The fraction of sp³-hybridized carbons (Fsp3) is 0.455. The van der Waals surface area contributed by atoms with Gasteiger partial charge in [-0.3, -0.25) is 0 Å². The van der Waals surface area contributed by atoms with Crippen molar-refractivity contribution < 1.29 is 30.9 Å². The van der Waals surface area contributed by atoms with Gasteiger partial charge in [0.25, 0.3) is 0 Å². The van der Waals surface area contributed by atoms with E-state index in [1.165, 1.54) is 19.2 Å². The molecule has 1 aliphatic rings. The van der Waals surface area contributed by atoms with E-state index in [2.05, 4.69) is 14.6 Å². The van der Waals surface area contributed by atoms with E-state index in [0.29, 0.717) is 23.8 Å². The number of nitrogens with zero attached hydrogens (tertiary/aromatic N) is 1. The van der Waals surface area contributed by atoms with Crippen LogP contribution in [0.3, 0.4) is 0 Å². The van der Waals surface area contributed by atoms with Gasteiger partial charge >= 0.3 is 6.18 Å². The zero-order chi connectivity index (χ0) is 18.8. The Morgan fingerprint density at radius 1 is 1.44 bits per heavy atom. The van der Waals surface area contributed by atoms with E-state index in [9.17, 15) is 21.6 Å². The highest BCUT2D eigenvalue weighted by Crippen LogP contribution is 2.39. The minimum absolute atomic E-state index is 0.0837. The third kappa shape index (κ3) is 5.07. The van der Waals surface area contributed by atoms with Gasteiger partial charge in [-0.1, -0.05) is 11.6 Å². The first-order valence-electron chi connectivity index (χ1n) is 6.49. The van der Waals surface area contributed by atoms with Gasteiger partial charge < -0.3 is 5.32 Å². The Balaban J connectivity index is 2.25. The van der Waals surface area contributed by atoms with E-state index in [4.69, 9.17) is 17.5 Å². The van der Waals surface area contributed by atoms with Gasteiger partial charge in [-0.15, -0.1) is 21.1 Å². The first-order valence-corrected chi connectivity index (χ1v) is 10.2. The average molecular weight is 440 g/mol. The number of fused-ring (bicyclic) bond motifs is 1. The maximum absolute atomic E-state index is 12.6. The van der Waals surface area contributed by atoms with Crippen LogP contribution in [-0.2, 0) is 19.3 Å². The van der Waals surface area contributed by atoms with E-state index in [-0.39, 0.29) is 26.3 Å². The fourth-order valence-electron chi connectivity index (χ4n) is 2.01. The summed E-state index contributed by atoms with van der Waals surface area (Å²) >= 11 is 7.24. The quantitative estimate of drug-likeness (QED) is 0.397. The molecular weight excluding hydrogens is 427 g/mol. The van der Waals surface area contributed by atoms with Crippen molar-refractivity contribution in [3.8, 4) is 0 Å². The molecule has 2 rings (SSSR count). The van der Waals surface area contributed by atoms with Gasteiger partial charge in [0, 0.05) is 12.8 Å². The second-order valence-electron chi connectivity index (χ2n) is 4.84. The van der Waals surface area contributed by atoms with Crippen LogP contribution in [0, 0.1) is 0 Å². The number of benzene rings is 1. The van der Waals surface area contributed by atoms with Crippen LogP contribution in [0.4, 0.5) is 18.9 Å². The molecule has 1 heterocycles. The Morgan fingerprint density at radius 2 is 2.12 bits per heavy atom. The highest BCUT2D eigenvalue weighted by atomic mass is 35.5. The van der Waals surface area contributed by atoms with Crippen LogP contribution in [0.25, 0.3) is 0 Å². The van der Waals surface area contributed by atoms with Crippen molar-refractivity contribution in [2.75, 3.05) is 23.9 Å². The molecule has 0 saturated carbocycles. The molecule has 0 aromatic heterocycles. The van der Waals surface area contributed by atoms with Gasteiger partial charge in [-0.2, -0.15) is 23.4 Å². The van der Waals surface area contributed by atoms with Crippen LogP contribution < -0.4 is 11.2 Å². The van der Waals surface area contributed by atoms with Crippen LogP contribution in [0.1, 0.15) is 0 Å². The number of nitrogens with one attached hydrogen (secondary N) is 1. The normalized spacial score (nSPS) is 20.2. The third-order valence-electron chi connectivity index (χ3n) is 3.16. The number of hydrogen-bond acceptors (Lipinski definition) is 8. The van der Waals surface area contributed by atoms with Crippen LogP contribution in [0.15, 0.2) is 21.9 Å². The number of nitrogens with two attached hydrogens (primary N) is 1. The lowest BCUT2D eigenvalue weighted by molar-refractivity contribution is -0.195. The Hall–Kier alpha value is -0.410. The van der Waals surface area contributed by atoms with Crippen LogP contribution in [0.2, 0.25) is 5.02 Å². The van der Waals surface area contributed by atoms with Gasteiger partial charge in [0.05, 0.1) is 33.4 Å². The van der Waals surface area contributed by atoms with Gasteiger partial charge in [0.15, 0.2) is 0 Å². The zero-order valence-electron chi connectivity index (χ0n) is 12.5. The molecule has 0 radical (unpaired) electrons. The summed E-state index contributed by atoms with van der Waals surface area (Å²) in [7, 11) is -2.64. The Kier molecular flexibility index (Phi) is 6.76. The second-order valence-corrected chi connectivity index (χ2v) is 8.98. The smallest absolute Gasteiger partial charge is 0.367 e. The van der Waals surface area contributed by atoms with Crippen molar-refractivity contribution in [3.05, 3.63) is 17.2 Å². The summed E-state index contributed by atoms with van der Waals surface area (Å²) in [5.41, 5.74) is 0.193. The number of sulfonamides is 1. The van der Waals surface area contributed by atoms with E-state index < -0.39 is 28.1 Å². The molecular formula is C11H13ClF3N3O4S3. The molecule has 1 atom stereocenters. The van der Waals surface area contributed by atoms with Gasteiger partial charge in [0.2, 0.25) is 10.0 Å². The Labute approximate surface area is 155 Å². The molecule has 25 heavy (non-hydrogen) atoms. The zero-order valence-corrected chi connectivity index (χ0v) is 15.7. The lowest BCUT2D eigenvalue weighted by Gasteiger charge is -2.35. The number of hydrogen-bond donors (Lipinski definition) is 2. The average Bonchev–Trinajstić information content (AvgIpc) is 2.49. The van der Waals surface area contributed by atoms with Crippen LogP contribution in [-0.4, -0.2) is 43.6 Å². The van der Waals surface area contributed by atoms with E-state index in [1.807, 2.05) is 0 Å². The largest absolute Gasteiger partial charge is 0.397 e. The molecule has 14 heteroatoms. The van der Waals surface area contributed by atoms with Crippen LogP contribution in [0.5, 0.6) is 0 Å². The summed E-state index contributed by atoms with van der Waals surface area (Å²) in [5.74, 6) is 3.57. The van der Waals surface area contributed by atoms with Crippen molar-refractivity contribution in [1.29, 1.82) is 0 Å². The number of thioether (sulfide) groups is 1. The van der Waals surface area contributed by atoms with Gasteiger partial charge in [-0.05, 0) is 12.1 Å². The highest BCUT2D eigenvalue weighted by Gasteiger charge is 2.37. The molecule has 1 aromatic carbocycles. The first kappa shape index (κ1) is 20.9. The fourth-order valence-corrected chi connectivity index (χ4v) is 5.17. The number of anilines is 1. The Bertz CT molecular complexity index is 735. The molecule has 1 aliphatic heterocycles. The molecule has 0 fully saturated rings. The summed E-state index contributed by atoms with van der Waals surface area (Å²) < 4.78 is 67.5. The van der Waals surface area contributed by atoms with Crippen molar-refractivity contribution in [2.45, 2.75) is 22.1 Å². The van der Waals surface area contributed by atoms with Crippen molar-refractivity contribution >= 4 is 51.1 Å². The molecule has 3 N–H and O–H groups in total. The van der Waals surface area contributed by atoms with E-state index in [1.54, 1.807) is 0 Å². The summed E-state index contributed by atoms with van der Waals surface area (Å²) in [5, 5.41) is 3.04. The number of halogens is 4. The highest BCUT2D eigenvalue weighted by molar-refractivity contribution is 7.99. The number of rotatable bonds is 6. The van der Waals surface area contributed by atoms with E-state index >= 15 is 0 Å².